The van der Waals surface area contributed by atoms with Crippen LogP contribution in [0.1, 0.15) is 28.8 Å². The highest BCUT2D eigenvalue weighted by Gasteiger charge is 2.22. The third-order valence-electron chi connectivity index (χ3n) is 3.42. The lowest BCUT2D eigenvalue weighted by molar-refractivity contribution is -0.132. The van der Waals surface area contributed by atoms with Crippen LogP contribution in [-0.4, -0.2) is 41.5 Å². The van der Waals surface area contributed by atoms with Crippen LogP contribution in [0.15, 0.2) is 24.3 Å². The number of nitrogens with zero attached hydrogens (tertiary/aromatic N) is 1. The molecule has 0 bridgehead atoms. The van der Waals surface area contributed by atoms with Gasteiger partial charge < -0.3 is 15.3 Å². The van der Waals surface area contributed by atoms with Crippen molar-refractivity contribution in [3.8, 4) is 0 Å². The Labute approximate surface area is 112 Å². The van der Waals surface area contributed by atoms with Crippen molar-refractivity contribution in [2.24, 2.45) is 0 Å². The monoisotopic (exact) mass is 262 g/mol. The zero-order valence-electron chi connectivity index (χ0n) is 10.9. The molecule has 1 saturated heterocycles. The first-order valence-electron chi connectivity index (χ1n) is 6.36. The average molecular weight is 262 g/mol. The van der Waals surface area contributed by atoms with Crippen molar-refractivity contribution in [2.45, 2.75) is 25.4 Å². The van der Waals surface area contributed by atoms with Crippen molar-refractivity contribution >= 4 is 11.9 Å². The first-order valence-corrected chi connectivity index (χ1v) is 6.36. The number of aromatic carboxylic acids is 1. The molecule has 2 N–H and O–H groups in total. The molecule has 19 heavy (non-hydrogen) atoms. The molecule has 1 fully saturated rings. The molecule has 0 aromatic heterocycles. The zero-order chi connectivity index (χ0) is 13.8. The van der Waals surface area contributed by atoms with Crippen molar-refractivity contribution in [2.75, 3.05) is 13.6 Å². The number of piperidine rings is 1. The van der Waals surface area contributed by atoms with E-state index in [0.29, 0.717) is 24.6 Å². The fraction of sp³-hybridized carbons (Fsp3) is 0.429. The van der Waals surface area contributed by atoms with Crippen molar-refractivity contribution < 1.29 is 14.7 Å². The third-order valence-corrected chi connectivity index (χ3v) is 3.42. The molecule has 5 heteroatoms. The Balaban J connectivity index is 1.85. The van der Waals surface area contributed by atoms with E-state index in [2.05, 4.69) is 5.32 Å². The summed E-state index contributed by atoms with van der Waals surface area (Å²) in [5.41, 5.74) is 1.34. The highest BCUT2D eigenvalue weighted by Crippen LogP contribution is 2.11. The van der Waals surface area contributed by atoms with E-state index in [1.54, 1.807) is 17.0 Å². The van der Waals surface area contributed by atoms with Gasteiger partial charge in [0.1, 0.15) is 0 Å². The predicted octanol–water partition coefficient (Wildman–Crippen LogP) is 1.10. The van der Waals surface area contributed by atoms with Crippen LogP contribution < -0.4 is 5.32 Å². The fourth-order valence-corrected chi connectivity index (χ4v) is 2.21. The number of carbonyl (C=O) groups is 2. The fourth-order valence-electron chi connectivity index (χ4n) is 2.21. The van der Waals surface area contributed by atoms with Gasteiger partial charge in [0, 0.05) is 32.6 Å². The summed E-state index contributed by atoms with van der Waals surface area (Å²) in [7, 11) is 1.82. The van der Waals surface area contributed by atoms with Crippen LogP contribution in [-0.2, 0) is 11.3 Å². The third kappa shape index (κ3) is 3.54. The lowest BCUT2D eigenvalue weighted by atomic mass is 10.0. The Morgan fingerprint density at radius 1 is 1.42 bits per heavy atom. The number of rotatable bonds is 4. The number of nitrogens with one attached hydrogen (secondary N) is 1. The van der Waals surface area contributed by atoms with Crippen LogP contribution in [0.3, 0.4) is 0 Å². The Bertz CT molecular complexity index is 470. The highest BCUT2D eigenvalue weighted by atomic mass is 16.4. The van der Waals surface area contributed by atoms with Gasteiger partial charge in [-0.15, -0.1) is 0 Å². The van der Waals surface area contributed by atoms with Crippen LogP contribution in [0.25, 0.3) is 0 Å². The number of amides is 1. The minimum atomic E-state index is -0.910. The van der Waals surface area contributed by atoms with Gasteiger partial charge in [-0.05, 0) is 24.1 Å². The molecule has 1 aromatic rings. The maximum Gasteiger partial charge on any atom is 0.335 e. The number of hydrogen-bond donors (Lipinski definition) is 2. The number of likely N-dealkylation sites (tertiary alicyclic amines) is 1. The van der Waals surface area contributed by atoms with Crippen LogP contribution in [0, 0.1) is 0 Å². The molecule has 0 spiro atoms. The minimum Gasteiger partial charge on any atom is -0.478 e. The normalized spacial score (nSPS) is 19.5. The lowest BCUT2D eigenvalue weighted by Crippen LogP contribution is -2.46. The summed E-state index contributed by atoms with van der Waals surface area (Å²) in [6.45, 7) is 1.42. The van der Waals surface area contributed by atoms with Crippen molar-refractivity contribution in [3.05, 3.63) is 35.4 Å². The van der Waals surface area contributed by atoms with Crippen LogP contribution in [0.4, 0.5) is 0 Å². The van der Waals surface area contributed by atoms with Gasteiger partial charge in [-0.3, -0.25) is 4.79 Å². The number of carboxylic acid groups (broad SMARTS) is 1. The highest BCUT2D eigenvalue weighted by molar-refractivity contribution is 5.87. The Morgan fingerprint density at radius 3 is 2.68 bits per heavy atom. The Kier molecular flexibility index (Phi) is 4.16. The molecule has 102 valence electrons. The van der Waals surface area contributed by atoms with Gasteiger partial charge in [0.15, 0.2) is 0 Å². The average Bonchev–Trinajstić information content (AvgIpc) is 2.40. The van der Waals surface area contributed by atoms with Crippen LogP contribution in [0.5, 0.6) is 0 Å². The molecule has 1 unspecified atom stereocenters. The maximum absolute atomic E-state index is 11.4. The topological polar surface area (TPSA) is 69.6 Å². The predicted molar refractivity (Wildman–Crippen MR) is 70.9 cm³/mol. The molecule has 1 aliphatic rings. The number of likely N-dealkylation sites (N-methyl/N-ethyl adjacent to an activating group) is 1. The summed E-state index contributed by atoms with van der Waals surface area (Å²) in [6.07, 6.45) is 1.45. The molecule has 0 radical (unpaired) electrons. The number of benzene rings is 1. The first-order chi connectivity index (χ1) is 9.06. The molecule has 5 nitrogen and oxygen atoms in total. The van der Waals surface area contributed by atoms with E-state index in [1.807, 2.05) is 19.2 Å². The van der Waals surface area contributed by atoms with Gasteiger partial charge in [0.2, 0.25) is 5.91 Å². The van der Waals surface area contributed by atoms with Crippen molar-refractivity contribution in [1.29, 1.82) is 0 Å². The van der Waals surface area contributed by atoms with Gasteiger partial charge in [-0.1, -0.05) is 12.1 Å². The van der Waals surface area contributed by atoms with Gasteiger partial charge in [0.25, 0.3) is 0 Å². The van der Waals surface area contributed by atoms with E-state index in [0.717, 1.165) is 18.5 Å². The minimum absolute atomic E-state index is 0.198. The Morgan fingerprint density at radius 2 is 2.11 bits per heavy atom. The van der Waals surface area contributed by atoms with Gasteiger partial charge in [0.05, 0.1) is 5.56 Å². The lowest BCUT2D eigenvalue weighted by Gasteiger charge is -2.30. The molecule has 1 amide bonds. The molecule has 1 atom stereocenters. The molecular weight excluding hydrogens is 244 g/mol. The van der Waals surface area contributed by atoms with E-state index < -0.39 is 5.97 Å². The summed E-state index contributed by atoms with van der Waals surface area (Å²) < 4.78 is 0. The van der Waals surface area contributed by atoms with E-state index in [-0.39, 0.29) is 5.91 Å². The molecule has 1 aliphatic heterocycles. The van der Waals surface area contributed by atoms with Crippen molar-refractivity contribution in [3.63, 3.8) is 0 Å². The maximum atomic E-state index is 11.4. The van der Waals surface area contributed by atoms with E-state index in [9.17, 15) is 9.59 Å². The van der Waals surface area contributed by atoms with Crippen LogP contribution >= 0.6 is 0 Å². The molecule has 0 saturated carbocycles. The summed E-state index contributed by atoms with van der Waals surface area (Å²) in [5.74, 6) is -0.712. The molecule has 1 heterocycles. The SMILES string of the molecule is CN1CC(NCc2ccc(C(=O)O)cc2)CCC1=O. The second-order valence-electron chi connectivity index (χ2n) is 4.89. The van der Waals surface area contributed by atoms with Gasteiger partial charge in [-0.25, -0.2) is 4.79 Å². The second-order valence-corrected chi connectivity index (χ2v) is 4.89. The smallest absolute Gasteiger partial charge is 0.335 e. The molecule has 0 aliphatic carbocycles. The number of carboxylic acids is 1. The second kappa shape index (κ2) is 5.84. The standard InChI is InChI=1S/C14H18N2O3/c1-16-9-12(6-7-13(16)17)15-8-10-2-4-11(5-3-10)14(18)19/h2-5,12,15H,6-9H2,1H3,(H,18,19). The summed E-state index contributed by atoms with van der Waals surface area (Å²) >= 11 is 0. The van der Waals surface area contributed by atoms with Crippen LogP contribution in [0.2, 0.25) is 0 Å². The van der Waals surface area contributed by atoms with E-state index in [1.165, 1.54) is 0 Å². The van der Waals surface area contributed by atoms with E-state index >= 15 is 0 Å². The molecule has 2 rings (SSSR count). The summed E-state index contributed by atoms with van der Waals surface area (Å²) in [6, 6.07) is 7.15. The largest absolute Gasteiger partial charge is 0.478 e. The van der Waals surface area contributed by atoms with Gasteiger partial charge in [-0.2, -0.15) is 0 Å². The number of hydrogen-bond acceptors (Lipinski definition) is 3. The summed E-state index contributed by atoms with van der Waals surface area (Å²) in [4.78, 5) is 23.8. The van der Waals surface area contributed by atoms with E-state index in [4.69, 9.17) is 5.11 Å². The zero-order valence-corrected chi connectivity index (χ0v) is 10.9. The first kappa shape index (κ1) is 13.5. The summed E-state index contributed by atoms with van der Waals surface area (Å²) in [5, 5.41) is 12.2. The Hall–Kier alpha value is -1.88. The quantitative estimate of drug-likeness (QED) is 0.852. The molecule has 1 aromatic carbocycles. The molecular formula is C14H18N2O3. The number of carbonyl (C=O) groups excluding carboxylic acids is 1. The van der Waals surface area contributed by atoms with Crippen molar-refractivity contribution in [1.82, 2.24) is 10.2 Å². The van der Waals surface area contributed by atoms with Gasteiger partial charge >= 0.3 is 5.97 Å².